The van der Waals surface area contributed by atoms with Crippen molar-refractivity contribution in [3.05, 3.63) is 0 Å². The van der Waals surface area contributed by atoms with Crippen molar-refractivity contribution in [2.45, 2.75) is 115 Å². The minimum absolute atomic E-state index is 0.000732. The van der Waals surface area contributed by atoms with E-state index in [-0.39, 0.29) is 16.2 Å². The van der Waals surface area contributed by atoms with Gasteiger partial charge in [-0.15, -0.1) is 0 Å². The zero-order valence-corrected chi connectivity index (χ0v) is 20.0. The predicted molar refractivity (Wildman–Crippen MR) is 107 cm³/mol. The monoisotopic (exact) mass is 392 g/mol. The second kappa shape index (κ2) is 7.33. The van der Waals surface area contributed by atoms with Crippen molar-refractivity contribution in [2.75, 3.05) is 0 Å². The topological polar surface area (TPSA) is 68.2 Å². The van der Waals surface area contributed by atoms with E-state index in [1.54, 1.807) is 0 Å². The highest BCUT2D eigenvalue weighted by molar-refractivity contribution is 6.74. The Hall–Kier alpha value is 0.234. The average Bonchev–Trinajstić information content (AvgIpc) is 2.37. The van der Waals surface area contributed by atoms with E-state index in [1.165, 1.54) is 0 Å². The molecule has 1 heterocycles. The van der Waals surface area contributed by atoms with Crippen molar-refractivity contribution in [1.82, 2.24) is 0 Å². The maximum absolute atomic E-state index is 10.6. The van der Waals surface area contributed by atoms with Crippen LogP contribution in [0.1, 0.15) is 48.5 Å². The molecule has 1 aliphatic rings. The van der Waals surface area contributed by atoms with Crippen LogP contribution in [0.2, 0.25) is 36.3 Å². The average molecular weight is 393 g/mol. The molecule has 1 saturated heterocycles. The Morgan fingerprint density at radius 1 is 0.760 bits per heavy atom. The minimum atomic E-state index is -2.15. The third kappa shape index (κ3) is 5.15. The number of aliphatic hydroxyl groups excluding tert-OH is 2. The molecule has 0 radical (unpaired) electrons. The fourth-order valence-electron chi connectivity index (χ4n) is 2.34. The molecule has 0 aromatic rings. The first kappa shape index (κ1) is 23.3. The highest BCUT2D eigenvalue weighted by atomic mass is 28.4. The van der Waals surface area contributed by atoms with Crippen LogP contribution in [0.15, 0.2) is 0 Å². The van der Waals surface area contributed by atoms with E-state index in [1.807, 2.05) is 6.92 Å². The van der Waals surface area contributed by atoms with E-state index in [0.717, 1.165) is 0 Å². The van der Waals surface area contributed by atoms with Crippen LogP contribution in [0.5, 0.6) is 0 Å². The van der Waals surface area contributed by atoms with Gasteiger partial charge < -0.3 is 23.8 Å². The first-order chi connectivity index (χ1) is 10.9. The largest absolute Gasteiger partial charge is 0.409 e. The quantitative estimate of drug-likeness (QED) is 0.711. The molecule has 0 spiro atoms. The Labute approximate surface area is 156 Å². The lowest BCUT2D eigenvalue weighted by molar-refractivity contribution is -0.271. The first-order valence-corrected chi connectivity index (χ1v) is 15.1. The van der Waals surface area contributed by atoms with Crippen molar-refractivity contribution in [3.8, 4) is 0 Å². The predicted octanol–water partition coefficient (Wildman–Crippen LogP) is 3.87. The molecule has 0 bridgehead atoms. The van der Waals surface area contributed by atoms with Gasteiger partial charge >= 0.3 is 0 Å². The molecule has 0 aromatic carbocycles. The van der Waals surface area contributed by atoms with Crippen molar-refractivity contribution in [3.63, 3.8) is 0 Å². The molecule has 150 valence electrons. The Morgan fingerprint density at radius 3 is 1.48 bits per heavy atom. The van der Waals surface area contributed by atoms with Gasteiger partial charge in [0.1, 0.15) is 12.2 Å². The molecule has 0 aromatic heterocycles. The molecule has 2 N–H and O–H groups in total. The normalized spacial score (nSPS) is 32.8. The molecular weight excluding hydrogens is 352 g/mol. The molecule has 5 atom stereocenters. The summed E-state index contributed by atoms with van der Waals surface area (Å²) in [4.78, 5) is 0. The third-order valence-electron chi connectivity index (χ3n) is 6.24. The molecule has 25 heavy (non-hydrogen) atoms. The number of hydrogen-bond donors (Lipinski definition) is 2. The standard InChI is InChI=1S/C18H40O5Si2/c1-12-14(22-24(8,9)17(2,3)4)15(13(19)16(20)21-12)23-25(10,11)18(5,6)7/h12-16,19-20H,1-11H3/t12-,13-,14-,15-,16+/m1/s1. The first-order valence-electron chi connectivity index (χ1n) is 9.28. The summed E-state index contributed by atoms with van der Waals surface area (Å²) in [5.41, 5.74) is 0. The summed E-state index contributed by atoms with van der Waals surface area (Å²) in [7, 11) is -4.23. The molecule has 0 unspecified atom stereocenters. The fraction of sp³-hybridized carbons (Fsp3) is 1.00. The molecule has 5 nitrogen and oxygen atoms in total. The highest BCUT2D eigenvalue weighted by Crippen LogP contribution is 2.42. The van der Waals surface area contributed by atoms with Crippen molar-refractivity contribution in [2.24, 2.45) is 0 Å². The maximum Gasteiger partial charge on any atom is 0.192 e. The molecule has 0 aliphatic carbocycles. The Kier molecular flexibility index (Phi) is 6.83. The Morgan fingerprint density at radius 2 is 1.12 bits per heavy atom. The van der Waals surface area contributed by atoms with E-state index in [0.29, 0.717) is 0 Å². The summed E-state index contributed by atoms with van der Waals surface area (Å²) in [5.74, 6) is 0. The highest BCUT2D eigenvalue weighted by Gasteiger charge is 2.52. The van der Waals surface area contributed by atoms with Crippen LogP contribution in [-0.2, 0) is 13.6 Å². The lowest BCUT2D eigenvalue weighted by Gasteiger charge is -2.50. The summed E-state index contributed by atoms with van der Waals surface area (Å²) in [6, 6.07) is 0. The van der Waals surface area contributed by atoms with Gasteiger partial charge in [-0.05, 0) is 43.2 Å². The zero-order chi connectivity index (χ0) is 20.0. The van der Waals surface area contributed by atoms with Crippen LogP contribution in [0.3, 0.4) is 0 Å². The minimum Gasteiger partial charge on any atom is -0.409 e. The smallest absolute Gasteiger partial charge is 0.192 e. The maximum atomic E-state index is 10.6. The van der Waals surface area contributed by atoms with E-state index >= 15 is 0 Å². The summed E-state index contributed by atoms with van der Waals surface area (Å²) in [5, 5.41) is 20.8. The van der Waals surface area contributed by atoms with E-state index < -0.39 is 41.2 Å². The molecule has 1 fully saturated rings. The second-order valence-electron chi connectivity index (χ2n) is 10.4. The zero-order valence-electron chi connectivity index (χ0n) is 18.0. The van der Waals surface area contributed by atoms with E-state index in [9.17, 15) is 10.2 Å². The van der Waals surface area contributed by atoms with Gasteiger partial charge in [0, 0.05) is 0 Å². The molecule has 0 saturated carbocycles. The van der Waals surface area contributed by atoms with Gasteiger partial charge in [-0.1, -0.05) is 41.5 Å². The number of rotatable bonds is 4. The van der Waals surface area contributed by atoms with Crippen LogP contribution in [-0.4, -0.2) is 57.6 Å². The van der Waals surface area contributed by atoms with Crippen LogP contribution >= 0.6 is 0 Å². The summed E-state index contributed by atoms with van der Waals surface area (Å²) in [6.07, 6.45) is -3.69. The lowest BCUT2D eigenvalue weighted by atomic mass is 10.0. The lowest BCUT2D eigenvalue weighted by Crippen LogP contribution is -2.64. The summed E-state index contributed by atoms with van der Waals surface area (Å²) in [6.45, 7) is 23.6. The molecule has 1 rings (SSSR count). The van der Waals surface area contributed by atoms with Crippen LogP contribution in [0.4, 0.5) is 0 Å². The number of aliphatic hydroxyl groups is 2. The van der Waals surface area contributed by atoms with Crippen molar-refractivity contribution in [1.29, 1.82) is 0 Å². The van der Waals surface area contributed by atoms with Gasteiger partial charge in [-0.25, -0.2) is 0 Å². The van der Waals surface area contributed by atoms with Gasteiger partial charge in [0.15, 0.2) is 22.9 Å². The Bertz CT molecular complexity index is 453. The van der Waals surface area contributed by atoms with Crippen LogP contribution in [0.25, 0.3) is 0 Å². The van der Waals surface area contributed by atoms with Gasteiger partial charge in [0.05, 0.1) is 12.2 Å². The van der Waals surface area contributed by atoms with Gasteiger partial charge in [0.25, 0.3) is 0 Å². The number of hydrogen-bond acceptors (Lipinski definition) is 5. The Balaban J connectivity index is 3.17. The van der Waals surface area contributed by atoms with E-state index in [4.69, 9.17) is 13.6 Å². The number of ether oxygens (including phenoxy) is 1. The van der Waals surface area contributed by atoms with Crippen LogP contribution in [0, 0.1) is 0 Å². The molecular formula is C18H40O5Si2. The van der Waals surface area contributed by atoms with Crippen molar-refractivity contribution >= 4 is 16.6 Å². The SMILES string of the molecule is C[C@H]1O[C@H](O)[C@H](O)[C@@H](O[Si](C)(C)C(C)(C)C)[C@@H]1O[Si](C)(C)C(C)(C)C. The van der Waals surface area contributed by atoms with Gasteiger partial charge in [0.2, 0.25) is 0 Å². The third-order valence-corrected chi connectivity index (χ3v) is 15.2. The molecule has 1 aliphatic heterocycles. The van der Waals surface area contributed by atoms with Gasteiger partial charge in [-0.2, -0.15) is 0 Å². The van der Waals surface area contributed by atoms with Gasteiger partial charge in [-0.3, -0.25) is 0 Å². The fourth-order valence-corrected chi connectivity index (χ4v) is 5.00. The summed E-state index contributed by atoms with van der Waals surface area (Å²) >= 11 is 0. The second-order valence-corrected chi connectivity index (χ2v) is 19.9. The summed E-state index contributed by atoms with van der Waals surface area (Å²) < 4.78 is 18.6. The molecule has 7 heteroatoms. The van der Waals surface area contributed by atoms with Crippen LogP contribution < -0.4 is 0 Å². The van der Waals surface area contributed by atoms with E-state index in [2.05, 4.69) is 67.7 Å². The van der Waals surface area contributed by atoms with Crippen molar-refractivity contribution < 1.29 is 23.8 Å². The molecule has 0 amide bonds.